The molecule has 4 nitrogen and oxygen atoms in total. The van der Waals surface area contributed by atoms with Crippen LogP contribution in [-0.2, 0) is 6.42 Å². The summed E-state index contributed by atoms with van der Waals surface area (Å²) in [4.78, 5) is 15.9. The lowest BCUT2D eigenvalue weighted by Crippen LogP contribution is -2.30. The second-order valence-corrected chi connectivity index (χ2v) is 4.37. The normalized spacial score (nSPS) is 12.2. The van der Waals surface area contributed by atoms with E-state index in [0.29, 0.717) is 10.7 Å². The van der Waals surface area contributed by atoms with Crippen LogP contribution in [-0.4, -0.2) is 28.6 Å². The van der Waals surface area contributed by atoms with Crippen LogP contribution in [0.5, 0.6) is 0 Å². The summed E-state index contributed by atoms with van der Waals surface area (Å²) in [6, 6.07) is 3.25. The molecule has 0 aliphatic carbocycles. The van der Waals surface area contributed by atoms with Gasteiger partial charge in [0.25, 0.3) is 5.91 Å². The highest BCUT2D eigenvalue weighted by Crippen LogP contribution is 2.12. The first kappa shape index (κ1) is 13.9. The zero-order chi connectivity index (χ0) is 12.8. The van der Waals surface area contributed by atoms with Crippen molar-refractivity contribution in [2.75, 3.05) is 6.54 Å². The molecule has 1 unspecified atom stereocenters. The summed E-state index contributed by atoms with van der Waals surface area (Å²) in [5.74, 6) is -0.243. The summed E-state index contributed by atoms with van der Waals surface area (Å²) in [6.07, 6.45) is 1.17. The Balaban J connectivity index is 2.78. The number of rotatable bonds is 5. The molecule has 5 heteroatoms. The number of halogens is 1. The number of hydrogen-bond donors (Lipinski definition) is 2. The van der Waals surface area contributed by atoms with E-state index in [2.05, 4.69) is 10.3 Å². The molecule has 17 heavy (non-hydrogen) atoms. The van der Waals surface area contributed by atoms with E-state index in [0.717, 1.165) is 18.5 Å². The molecule has 1 aromatic heterocycles. The van der Waals surface area contributed by atoms with Crippen molar-refractivity contribution < 1.29 is 9.90 Å². The first-order valence-electron chi connectivity index (χ1n) is 5.65. The molecular weight excluding hydrogens is 240 g/mol. The molecule has 1 heterocycles. The maximum absolute atomic E-state index is 11.7. The zero-order valence-corrected chi connectivity index (χ0v) is 10.8. The predicted molar refractivity (Wildman–Crippen MR) is 67.3 cm³/mol. The van der Waals surface area contributed by atoms with Gasteiger partial charge in [-0.1, -0.05) is 24.9 Å². The van der Waals surface area contributed by atoms with E-state index in [1.807, 2.05) is 6.92 Å². The smallest absolute Gasteiger partial charge is 0.251 e. The lowest BCUT2D eigenvalue weighted by Gasteiger charge is -2.08. The van der Waals surface area contributed by atoms with Gasteiger partial charge in [0.05, 0.1) is 6.10 Å². The van der Waals surface area contributed by atoms with Crippen LogP contribution in [0.25, 0.3) is 0 Å². The Morgan fingerprint density at radius 2 is 2.29 bits per heavy atom. The van der Waals surface area contributed by atoms with Gasteiger partial charge in [-0.2, -0.15) is 0 Å². The molecule has 0 saturated heterocycles. The largest absolute Gasteiger partial charge is 0.392 e. The molecule has 0 aliphatic rings. The number of carbonyl (C=O) groups excluding carboxylic acids is 1. The van der Waals surface area contributed by atoms with Crippen molar-refractivity contribution in [3.63, 3.8) is 0 Å². The van der Waals surface area contributed by atoms with E-state index in [9.17, 15) is 4.79 Å². The first-order valence-corrected chi connectivity index (χ1v) is 6.03. The second-order valence-electron chi connectivity index (χ2n) is 3.98. The maximum atomic E-state index is 11.7. The van der Waals surface area contributed by atoms with Crippen LogP contribution in [0, 0.1) is 0 Å². The van der Waals surface area contributed by atoms with Gasteiger partial charge >= 0.3 is 0 Å². The first-order chi connectivity index (χ1) is 8.02. The molecule has 0 aliphatic heterocycles. The molecule has 0 fully saturated rings. The zero-order valence-electron chi connectivity index (χ0n) is 10.0. The minimum absolute atomic E-state index is 0.224. The van der Waals surface area contributed by atoms with Crippen molar-refractivity contribution in [1.29, 1.82) is 0 Å². The Hall–Kier alpha value is -1.13. The second kappa shape index (κ2) is 6.57. The molecule has 0 spiro atoms. The van der Waals surface area contributed by atoms with Gasteiger partial charge in [-0.25, -0.2) is 4.98 Å². The highest BCUT2D eigenvalue weighted by molar-refractivity contribution is 6.29. The van der Waals surface area contributed by atoms with Gasteiger partial charge in [0, 0.05) is 17.8 Å². The molecule has 0 saturated carbocycles. The average Bonchev–Trinajstić information content (AvgIpc) is 2.25. The number of pyridine rings is 1. The average molecular weight is 257 g/mol. The number of amides is 1. The van der Waals surface area contributed by atoms with Gasteiger partial charge in [-0.3, -0.25) is 4.79 Å². The van der Waals surface area contributed by atoms with Crippen molar-refractivity contribution in [2.24, 2.45) is 0 Å². The van der Waals surface area contributed by atoms with Gasteiger partial charge in [-0.15, -0.1) is 0 Å². The van der Waals surface area contributed by atoms with Crippen LogP contribution in [0.4, 0.5) is 0 Å². The summed E-state index contributed by atoms with van der Waals surface area (Å²) in [7, 11) is 0. The molecule has 0 bridgehead atoms. The number of aliphatic hydroxyl groups is 1. The third-order valence-corrected chi connectivity index (χ3v) is 2.37. The molecule has 1 aromatic rings. The van der Waals surface area contributed by atoms with Crippen molar-refractivity contribution in [2.45, 2.75) is 32.8 Å². The Kier molecular flexibility index (Phi) is 5.38. The summed E-state index contributed by atoms with van der Waals surface area (Å²) < 4.78 is 0. The van der Waals surface area contributed by atoms with E-state index in [4.69, 9.17) is 16.7 Å². The van der Waals surface area contributed by atoms with Gasteiger partial charge in [-0.05, 0) is 25.5 Å². The van der Waals surface area contributed by atoms with E-state index in [-0.39, 0.29) is 12.5 Å². The summed E-state index contributed by atoms with van der Waals surface area (Å²) in [5, 5.41) is 12.0. The summed E-state index contributed by atoms with van der Waals surface area (Å²) >= 11 is 5.85. The molecule has 1 rings (SSSR count). The van der Waals surface area contributed by atoms with Gasteiger partial charge in [0.1, 0.15) is 5.15 Å². The van der Waals surface area contributed by atoms with Crippen molar-refractivity contribution in [1.82, 2.24) is 10.3 Å². The van der Waals surface area contributed by atoms with E-state index in [1.165, 1.54) is 6.07 Å². The Morgan fingerprint density at radius 1 is 1.59 bits per heavy atom. The third-order valence-electron chi connectivity index (χ3n) is 2.17. The fourth-order valence-electron chi connectivity index (χ4n) is 1.41. The van der Waals surface area contributed by atoms with E-state index in [1.54, 1.807) is 13.0 Å². The number of nitrogens with one attached hydrogen (secondary N) is 1. The molecule has 94 valence electrons. The minimum Gasteiger partial charge on any atom is -0.392 e. The molecular formula is C12H17ClN2O2. The predicted octanol–water partition coefficient (Wildman–Crippen LogP) is 1.80. The standard InChI is InChI=1S/C12H17ClN2O2/c1-3-4-10-5-9(6-11(13)15-10)12(17)14-7-8(2)16/h5-6,8,16H,3-4,7H2,1-2H3,(H,14,17). The quantitative estimate of drug-likeness (QED) is 0.790. The number of aromatic nitrogens is 1. The van der Waals surface area contributed by atoms with Crippen LogP contribution in [0.3, 0.4) is 0 Å². The number of carbonyl (C=O) groups is 1. The van der Waals surface area contributed by atoms with Crippen molar-refractivity contribution in [3.8, 4) is 0 Å². The summed E-state index contributed by atoms with van der Waals surface area (Å²) in [5.41, 5.74) is 1.29. The number of nitrogens with zero attached hydrogens (tertiary/aromatic N) is 1. The lowest BCUT2D eigenvalue weighted by molar-refractivity contribution is 0.0924. The molecule has 0 radical (unpaired) electrons. The number of aliphatic hydroxyl groups excluding tert-OH is 1. The number of hydrogen-bond acceptors (Lipinski definition) is 3. The minimum atomic E-state index is -0.564. The fourth-order valence-corrected chi connectivity index (χ4v) is 1.64. The maximum Gasteiger partial charge on any atom is 0.251 e. The van der Waals surface area contributed by atoms with Crippen LogP contribution >= 0.6 is 11.6 Å². The monoisotopic (exact) mass is 256 g/mol. The molecule has 1 atom stereocenters. The van der Waals surface area contributed by atoms with Crippen LogP contribution in [0.15, 0.2) is 12.1 Å². The van der Waals surface area contributed by atoms with Gasteiger partial charge in [0.15, 0.2) is 0 Å². The van der Waals surface area contributed by atoms with E-state index < -0.39 is 6.10 Å². The van der Waals surface area contributed by atoms with Crippen LogP contribution in [0.2, 0.25) is 5.15 Å². The fraction of sp³-hybridized carbons (Fsp3) is 0.500. The van der Waals surface area contributed by atoms with Gasteiger partial charge in [0.2, 0.25) is 0 Å². The van der Waals surface area contributed by atoms with Crippen LogP contribution < -0.4 is 5.32 Å². The highest BCUT2D eigenvalue weighted by Gasteiger charge is 2.09. The molecule has 1 amide bonds. The Labute approximate surface area is 106 Å². The Morgan fingerprint density at radius 3 is 2.88 bits per heavy atom. The Bertz CT molecular complexity index is 394. The van der Waals surface area contributed by atoms with Crippen molar-refractivity contribution in [3.05, 3.63) is 28.5 Å². The van der Waals surface area contributed by atoms with Crippen molar-refractivity contribution >= 4 is 17.5 Å². The summed E-state index contributed by atoms with van der Waals surface area (Å²) in [6.45, 7) is 3.87. The molecule has 2 N–H and O–H groups in total. The topological polar surface area (TPSA) is 62.2 Å². The van der Waals surface area contributed by atoms with Crippen LogP contribution in [0.1, 0.15) is 36.3 Å². The van der Waals surface area contributed by atoms with E-state index >= 15 is 0 Å². The third kappa shape index (κ3) is 4.71. The number of aryl methyl sites for hydroxylation is 1. The van der Waals surface area contributed by atoms with Gasteiger partial charge < -0.3 is 10.4 Å². The molecule has 0 aromatic carbocycles. The highest BCUT2D eigenvalue weighted by atomic mass is 35.5. The lowest BCUT2D eigenvalue weighted by atomic mass is 10.1. The SMILES string of the molecule is CCCc1cc(C(=O)NCC(C)O)cc(Cl)n1.